The molecule has 1 aliphatic heterocycles. The van der Waals surface area contributed by atoms with E-state index in [4.69, 9.17) is 14.6 Å². The summed E-state index contributed by atoms with van der Waals surface area (Å²) in [6.45, 7) is 1.02. The fourth-order valence-electron chi connectivity index (χ4n) is 2.81. The number of ether oxygens (including phenoxy) is 2. The summed E-state index contributed by atoms with van der Waals surface area (Å²) in [6.07, 6.45) is 1.30. The number of amides is 1. The highest BCUT2D eigenvalue weighted by molar-refractivity contribution is 8.01. The Morgan fingerprint density at radius 3 is 3.00 bits per heavy atom. The summed E-state index contributed by atoms with van der Waals surface area (Å²) in [6, 6.07) is 7.43. The molecular formula is C18H20N2O5S2. The van der Waals surface area contributed by atoms with E-state index in [9.17, 15) is 9.59 Å². The second-order valence-electron chi connectivity index (χ2n) is 5.92. The van der Waals surface area contributed by atoms with Crippen molar-refractivity contribution in [2.75, 3.05) is 26.0 Å². The van der Waals surface area contributed by atoms with E-state index in [-0.39, 0.29) is 17.6 Å². The second-order valence-corrected chi connectivity index (χ2v) is 8.12. The summed E-state index contributed by atoms with van der Waals surface area (Å²) >= 11 is 2.77. The highest BCUT2D eigenvalue weighted by Gasteiger charge is 2.31. The average molecular weight is 409 g/mol. The minimum atomic E-state index is -1.03. The topological polar surface area (TPSA) is 89.0 Å². The maximum absolute atomic E-state index is 12.2. The van der Waals surface area contributed by atoms with E-state index in [1.807, 2.05) is 29.2 Å². The Kier molecular flexibility index (Phi) is 6.57. The molecule has 27 heavy (non-hydrogen) atoms. The van der Waals surface area contributed by atoms with Gasteiger partial charge in [0, 0.05) is 30.2 Å². The van der Waals surface area contributed by atoms with Crippen molar-refractivity contribution in [2.45, 2.75) is 23.2 Å². The van der Waals surface area contributed by atoms with Gasteiger partial charge < -0.3 is 19.5 Å². The average Bonchev–Trinajstić information content (AvgIpc) is 3.28. The van der Waals surface area contributed by atoms with Crippen LogP contribution >= 0.6 is 23.1 Å². The molecule has 1 saturated heterocycles. The summed E-state index contributed by atoms with van der Waals surface area (Å²) in [5.74, 6) is 1.20. The van der Waals surface area contributed by atoms with Gasteiger partial charge in [0.15, 0.2) is 10.0 Å². The number of thioether (sulfide) groups is 1. The quantitative estimate of drug-likeness (QED) is 0.638. The van der Waals surface area contributed by atoms with E-state index in [2.05, 4.69) is 4.98 Å². The largest absolute Gasteiger partial charge is 0.497 e. The highest BCUT2D eigenvalue weighted by atomic mass is 32.2. The zero-order valence-corrected chi connectivity index (χ0v) is 16.4. The Morgan fingerprint density at radius 1 is 1.44 bits per heavy atom. The number of hydrogen-bond acceptors (Lipinski definition) is 7. The number of carboxylic acids is 1. The number of aromatic nitrogens is 1. The molecule has 0 radical (unpaired) electrons. The fourth-order valence-corrected chi connectivity index (χ4v) is 4.62. The molecular weight excluding hydrogens is 388 g/mol. The van der Waals surface area contributed by atoms with E-state index >= 15 is 0 Å². The molecule has 1 atom stereocenters. The molecule has 0 bridgehead atoms. The molecule has 3 rings (SSSR count). The molecule has 0 aliphatic carbocycles. The summed E-state index contributed by atoms with van der Waals surface area (Å²) in [5, 5.41) is 10.4. The Balaban J connectivity index is 1.50. The molecule has 0 saturated carbocycles. The van der Waals surface area contributed by atoms with Gasteiger partial charge in [-0.25, -0.2) is 9.78 Å². The van der Waals surface area contributed by atoms with Gasteiger partial charge in [0.25, 0.3) is 0 Å². The van der Waals surface area contributed by atoms with Crippen LogP contribution in [0.2, 0.25) is 0 Å². The number of aromatic carboxylic acids is 1. The van der Waals surface area contributed by atoms with E-state index in [0.717, 1.165) is 12.2 Å². The third kappa shape index (κ3) is 5.14. The zero-order chi connectivity index (χ0) is 19.2. The normalized spacial score (nSPS) is 16.6. The van der Waals surface area contributed by atoms with E-state index in [0.29, 0.717) is 35.4 Å². The SMILES string of the molecule is COc1cccc(OCC2CCC(=O)N2CCSc2nc(C(=O)O)cs2)c1. The molecule has 0 spiro atoms. The number of hydrogen-bond donors (Lipinski definition) is 1. The first-order valence-electron chi connectivity index (χ1n) is 8.44. The number of likely N-dealkylation sites (tertiary alicyclic amines) is 1. The molecule has 1 aromatic carbocycles. The molecule has 7 nitrogen and oxygen atoms in total. The Labute approximate surface area is 165 Å². The van der Waals surface area contributed by atoms with E-state index < -0.39 is 5.97 Å². The monoisotopic (exact) mass is 408 g/mol. The molecule has 1 fully saturated rings. The number of carbonyl (C=O) groups is 2. The van der Waals surface area contributed by atoms with Crippen molar-refractivity contribution in [2.24, 2.45) is 0 Å². The van der Waals surface area contributed by atoms with Crippen LogP contribution in [-0.4, -0.2) is 58.9 Å². The predicted octanol–water partition coefficient (Wildman–Crippen LogP) is 3.01. The number of carboxylic acid groups (broad SMARTS) is 1. The van der Waals surface area contributed by atoms with Gasteiger partial charge in [0.05, 0.1) is 13.2 Å². The molecule has 144 valence electrons. The van der Waals surface area contributed by atoms with Crippen LogP contribution in [0, 0.1) is 0 Å². The number of rotatable bonds is 9. The maximum Gasteiger partial charge on any atom is 0.355 e. The Hall–Kier alpha value is -2.26. The van der Waals surface area contributed by atoms with Crippen LogP contribution in [0.1, 0.15) is 23.3 Å². The smallest absolute Gasteiger partial charge is 0.355 e. The van der Waals surface area contributed by atoms with Crippen LogP contribution in [0.3, 0.4) is 0 Å². The van der Waals surface area contributed by atoms with Crippen LogP contribution < -0.4 is 9.47 Å². The lowest BCUT2D eigenvalue weighted by atomic mass is 10.2. The minimum absolute atomic E-state index is 0.0372. The van der Waals surface area contributed by atoms with Crippen LogP contribution in [0.15, 0.2) is 34.0 Å². The molecule has 1 amide bonds. The van der Waals surface area contributed by atoms with Gasteiger partial charge in [-0.15, -0.1) is 11.3 Å². The summed E-state index contributed by atoms with van der Waals surface area (Å²) in [7, 11) is 1.61. The van der Waals surface area contributed by atoms with Gasteiger partial charge in [-0.3, -0.25) is 4.79 Å². The third-order valence-corrected chi connectivity index (χ3v) is 6.20. The van der Waals surface area contributed by atoms with Crippen molar-refractivity contribution in [3.8, 4) is 11.5 Å². The van der Waals surface area contributed by atoms with Crippen molar-refractivity contribution < 1.29 is 24.2 Å². The van der Waals surface area contributed by atoms with E-state index in [1.165, 1.54) is 28.5 Å². The van der Waals surface area contributed by atoms with Crippen molar-refractivity contribution >= 4 is 35.0 Å². The number of thiazole rings is 1. The molecule has 1 N–H and O–H groups in total. The van der Waals surface area contributed by atoms with Crippen molar-refractivity contribution in [3.05, 3.63) is 35.3 Å². The number of carbonyl (C=O) groups excluding carboxylic acids is 1. The van der Waals surface area contributed by atoms with Crippen LogP contribution in [0.4, 0.5) is 0 Å². The van der Waals surface area contributed by atoms with Gasteiger partial charge in [-0.2, -0.15) is 0 Å². The number of methoxy groups -OCH3 is 1. The summed E-state index contributed by atoms with van der Waals surface area (Å²) in [5.41, 5.74) is 0.0596. The maximum atomic E-state index is 12.2. The van der Waals surface area contributed by atoms with Crippen LogP contribution in [-0.2, 0) is 4.79 Å². The standard InChI is InChI=1S/C18H20N2O5S2/c1-24-13-3-2-4-14(9-13)25-10-12-5-6-16(21)20(12)7-8-26-18-19-15(11-27-18)17(22)23/h2-4,9,11-12H,5-8,10H2,1H3,(H,22,23). The molecule has 2 aromatic rings. The summed E-state index contributed by atoms with van der Waals surface area (Å²) in [4.78, 5) is 28.9. The lowest BCUT2D eigenvalue weighted by molar-refractivity contribution is -0.129. The first kappa shape index (κ1) is 19.5. The number of nitrogens with zero attached hydrogens (tertiary/aromatic N) is 2. The van der Waals surface area contributed by atoms with Crippen molar-refractivity contribution in [3.63, 3.8) is 0 Å². The van der Waals surface area contributed by atoms with Crippen molar-refractivity contribution in [1.29, 1.82) is 0 Å². The predicted molar refractivity (Wildman–Crippen MR) is 103 cm³/mol. The van der Waals surface area contributed by atoms with Gasteiger partial charge in [0.1, 0.15) is 18.1 Å². The first-order chi connectivity index (χ1) is 13.1. The first-order valence-corrected chi connectivity index (χ1v) is 10.3. The Bertz CT molecular complexity index is 811. The van der Waals surface area contributed by atoms with Gasteiger partial charge in [-0.05, 0) is 18.6 Å². The molecule has 1 aromatic heterocycles. The van der Waals surface area contributed by atoms with Crippen LogP contribution in [0.5, 0.6) is 11.5 Å². The number of benzene rings is 1. The summed E-state index contributed by atoms with van der Waals surface area (Å²) < 4.78 is 11.7. The second kappa shape index (κ2) is 9.09. The van der Waals surface area contributed by atoms with E-state index in [1.54, 1.807) is 7.11 Å². The lowest BCUT2D eigenvalue weighted by Crippen LogP contribution is -2.38. The van der Waals surface area contributed by atoms with Crippen molar-refractivity contribution in [1.82, 2.24) is 9.88 Å². The Morgan fingerprint density at radius 2 is 2.26 bits per heavy atom. The zero-order valence-electron chi connectivity index (χ0n) is 14.8. The van der Waals surface area contributed by atoms with Gasteiger partial charge in [0.2, 0.25) is 5.91 Å². The minimum Gasteiger partial charge on any atom is -0.497 e. The molecule has 1 aliphatic rings. The van der Waals surface area contributed by atoms with Gasteiger partial charge >= 0.3 is 5.97 Å². The molecule has 1 unspecified atom stereocenters. The third-order valence-electron chi connectivity index (χ3n) is 4.20. The lowest BCUT2D eigenvalue weighted by Gasteiger charge is -2.24. The molecule has 9 heteroatoms. The van der Waals surface area contributed by atoms with Gasteiger partial charge in [-0.1, -0.05) is 17.8 Å². The highest BCUT2D eigenvalue weighted by Crippen LogP contribution is 2.26. The fraction of sp³-hybridized carbons (Fsp3) is 0.389. The van der Waals surface area contributed by atoms with Crippen LogP contribution in [0.25, 0.3) is 0 Å². The molecule has 2 heterocycles.